The number of carbonyl (C=O) groups excluding carboxylic acids is 1. The summed E-state index contributed by atoms with van der Waals surface area (Å²) in [6.45, 7) is 4.91. The summed E-state index contributed by atoms with van der Waals surface area (Å²) in [7, 11) is 0. The van der Waals surface area contributed by atoms with Gasteiger partial charge in [0, 0.05) is 5.75 Å². The number of carboxylic acid groups (broad SMARTS) is 1. The highest BCUT2D eigenvalue weighted by Crippen LogP contribution is 2.35. The zero-order valence-electron chi connectivity index (χ0n) is 10.8. The van der Waals surface area contributed by atoms with Gasteiger partial charge < -0.3 is 15.3 Å². The molecule has 2 fully saturated rings. The van der Waals surface area contributed by atoms with Gasteiger partial charge in [0.15, 0.2) is 0 Å². The van der Waals surface area contributed by atoms with E-state index in [9.17, 15) is 14.7 Å². The van der Waals surface area contributed by atoms with Crippen LogP contribution in [0.2, 0.25) is 0 Å². The van der Waals surface area contributed by atoms with E-state index in [0.29, 0.717) is 5.75 Å². The molecule has 6 heteroatoms. The van der Waals surface area contributed by atoms with E-state index in [0.717, 1.165) is 19.4 Å². The number of hydrogen-bond donors (Lipinski definition) is 2. The number of carbonyl (C=O) groups is 2. The van der Waals surface area contributed by atoms with Crippen LogP contribution in [0.1, 0.15) is 26.7 Å². The zero-order chi connectivity index (χ0) is 13.3. The van der Waals surface area contributed by atoms with Crippen LogP contribution >= 0.6 is 11.8 Å². The second-order valence-corrected chi connectivity index (χ2v) is 6.37. The van der Waals surface area contributed by atoms with Crippen molar-refractivity contribution in [1.82, 2.24) is 10.2 Å². The molecule has 0 spiro atoms. The smallest absolute Gasteiger partial charge is 0.327 e. The Balaban J connectivity index is 2.17. The highest BCUT2D eigenvalue weighted by Gasteiger charge is 2.44. The summed E-state index contributed by atoms with van der Waals surface area (Å²) in [5.74, 6) is -0.165. The van der Waals surface area contributed by atoms with Crippen LogP contribution in [0.5, 0.6) is 0 Å². The van der Waals surface area contributed by atoms with Crippen LogP contribution in [0, 0.1) is 5.92 Å². The minimum atomic E-state index is -0.892. The van der Waals surface area contributed by atoms with Gasteiger partial charge in [-0.1, -0.05) is 13.8 Å². The van der Waals surface area contributed by atoms with E-state index in [-0.39, 0.29) is 23.2 Å². The molecule has 0 aromatic rings. The first-order valence-corrected chi connectivity index (χ1v) is 7.47. The summed E-state index contributed by atoms with van der Waals surface area (Å²) in [5, 5.41) is 12.4. The van der Waals surface area contributed by atoms with Crippen molar-refractivity contribution >= 4 is 23.6 Å². The van der Waals surface area contributed by atoms with E-state index >= 15 is 0 Å². The van der Waals surface area contributed by atoms with Crippen molar-refractivity contribution in [3.63, 3.8) is 0 Å². The summed E-state index contributed by atoms with van der Waals surface area (Å²) < 4.78 is 0. The zero-order valence-corrected chi connectivity index (χ0v) is 11.6. The summed E-state index contributed by atoms with van der Waals surface area (Å²) in [6, 6.07) is -0.857. The molecule has 0 aromatic heterocycles. The average Bonchev–Trinajstić information content (AvgIpc) is 2.97. The van der Waals surface area contributed by atoms with Crippen LogP contribution < -0.4 is 5.32 Å². The van der Waals surface area contributed by atoms with Gasteiger partial charge in [0.2, 0.25) is 5.91 Å². The van der Waals surface area contributed by atoms with E-state index in [2.05, 4.69) is 5.32 Å². The Morgan fingerprint density at radius 1 is 1.44 bits per heavy atom. The molecule has 102 valence electrons. The third kappa shape index (κ3) is 2.49. The van der Waals surface area contributed by atoms with Gasteiger partial charge in [-0.05, 0) is 25.3 Å². The average molecular weight is 272 g/mol. The highest BCUT2D eigenvalue weighted by molar-refractivity contribution is 8.00. The first-order valence-electron chi connectivity index (χ1n) is 6.42. The van der Waals surface area contributed by atoms with Crippen molar-refractivity contribution < 1.29 is 14.7 Å². The van der Waals surface area contributed by atoms with Gasteiger partial charge in [0.1, 0.15) is 6.04 Å². The molecule has 1 amide bonds. The molecule has 0 bridgehead atoms. The largest absolute Gasteiger partial charge is 0.480 e. The maximum absolute atomic E-state index is 12.5. The van der Waals surface area contributed by atoms with Crippen molar-refractivity contribution in [1.29, 1.82) is 0 Å². The molecule has 0 aliphatic carbocycles. The number of rotatable bonds is 3. The maximum Gasteiger partial charge on any atom is 0.327 e. The summed E-state index contributed by atoms with van der Waals surface area (Å²) in [4.78, 5) is 25.3. The first-order chi connectivity index (χ1) is 8.52. The van der Waals surface area contributed by atoms with E-state index in [1.807, 2.05) is 13.8 Å². The second-order valence-electron chi connectivity index (χ2n) is 5.22. The highest BCUT2D eigenvalue weighted by atomic mass is 32.2. The summed E-state index contributed by atoms with van der Waals surface area (Å²) in [6.07, 6.45) is 1.80. The lowest BCUT2D eigenvalue weighted by Gasteiger charge is -2.31. The molecule has 2 aliphatic rings. The number of aliphatic carboxylic acids is 1. The topological polar surface area (TPSA) is 69.6 Å². The molecule has 2 rings (SSSR count). The van der Waals surface area contributed by atoms with Crippen LogP contribution in [0.3, 0.4) is 0 Å². The fraction of sp³-hybridized carbons (Fsp3) is 0.833. The Hall–Kier alpha value is -0.750. The fourth-order valence-electron chi connectivity index (χ4n) is 2.59. The van der Waals surface area contributed by atoms with Gasteiger partial charge >= 0.3 is 5.97 Å². The van der Waals surface area contributed by atoms with Crippen molar-refractivity contribution in [2.75, 3.05) is 12.3 Å². The first kappa shape index (κ1) is 13.7. The van der Waals surface area contributed by atoms with Gasteiger partial charge in [0.25, 0.3) is 0 Å². The van der Waals surface area contributed by atoms with Crippen LogP contribution in [0.25, 0.3) is 0 Å². The fourth-order valence-corrected chi connectivity index (χ4v) is 4.06. The monoisotopic (exact) mass is 272 g/mol. The molecule has 2 heterocycles. The van der Waals surface area contributed by atoms with Gasteiger partial charge in [-0.15, -0.1) is 11.8 Å². The SMILES string of the molecule is CC(C)C1SCC(C(=O)O)N1C(=O)[C@H]1CCCN1. The molecule has 5 nitrogen and oxygen atoms in total. The lowest BCUT2D eigenvalue weighted by molar-refractivity contribution is -0.150. The van der Waals surface area contributed by atoms with E-state index in [4.69, 9.17) is 0 Å². The van der Waals surface area contributed by atoms with Crippen LogP contribution in [-0.4, -0.2) is 51.6 Å². The molecule has 0 aromatic carbocycles. The summed E-state index contributed by atoms with van der Waals surface area (Å²) >= 11 is 1.58. The van der Waals surface area contributed by atoms with Crippen molar-refractivity contribution in [3.8, 4) is 0 Å². The predicted octanol–water partition coefficient (Wildman–Crippen LogP) is 0.749. The minimum Gasteiger partial charge on any atom is -0.480 e. The number of carboxylic acids is 1. The van der Waals surface area contributed by atoms with Gasteiger partial charge in [-0.3, -0.25) is 4.79 Å². The van der Waals surface area contributed by atoms with E-state index in [1.165, 1.54) is 0 Å². The van der Waals surface area contributed by atoms with Crippen LogP contribution in [0.4, 0.5) is 0 Å². The predicted molar refractivity (Wildman–Crippen MR) is 70.4 cm³/mol. The Morgan fingerprint density at radius 2 is 2.17 bits per heavy atom. The second kappa shape index (κ2) is 5.48. The maximum atomic E-state index is 12.5. The molecule has 0 saturated carbocycles. The number of nitrogens with one attached hydrogen (secondary N) is 1. The van der Waals surface area contributed by atoms with Crippen LogP contribution in [0.15, 0.2) is 0 Å². The number of amides is 1. The quantitative estimate of drug-likeness (QED) is 0.793. The molecule has 2 unspecified atom stereocenters. The third-order valence-corrected chi connectivity index (χ3v) is 5.12. The van der Waals surface area contributed by atoms with Gasteiger partial charge in [-0.25, -0.2) is 4.79 Å². The van der Waals surface area contributed by atoms with E-state index < -0.39 is 12.0 Å². The minimum absolute atomic E-state index is 0.0130. The van der Waals surface area contributed by atoms with Gasteiger partial charge in [0.05, 0.1) is 11.4 Å². The molecule has 2 N–H and O–H groups in total. The molecule has 2 saturated heterocycles. The Kier molecular flexibility index (Phi) is 4.17. The van der Waals surface area contributed by atoms with Gasteiger partial charge in [-0.2, -0.15) is 0 Å². The van der Waals surface area contributed by atoms with Crippen LogP contribution in [-0.2, 0) is 9.59 Å². The van der Waals surface area contributed by atoms with E-state index in [1.54, 1.807) is 16.7 Å². The Labute approximate surface area is 111 Å². The molecular weight excluding hydrogens is 252 g/mol. The number of nitrogens with zero attached hydrogens (tertiary/aromatic N) is 1. The lowest BCUT2D eigenvalue weighted by Crippen LogP contribution is -2.52. The molecule has 3 atom stereocenters. The Bertz CT molecular complexity index is 342. The number of hydrogen-bond acceptors (Lipinski definition) is 4. The van der Waals surface area contributed by atoms with Crippen molar-refractivity contribution in [2.24, 2.45) is 5.92 Å². The molecule has 18 heavy (non-hydrogen) atoms. The molecular formula is C12H20N2O3S. The lowest BCUT2D eigenvalue weighted by atomic mass is 10.1. The normalized spacial score (nSPS) is 32.2. The molecule has 2 aliphatic heterocycles. The summed E-state index contributed by atoms with van der Waals surface area (Å²) in [5.41, 5.74) is 0. The van der Waals surface area contributed by atoms with Crippen molar-refractivity contribution in [2.45, 2.75) is 44.1 Å². The van der Waals surface area contributed by atoms with Crippen molar-refractivity contribution in [3.05, 3.63) is 0 Å². The Morgan fingerprint density at radius 3 is 2.67 bits per heavy atom. The third-order valence-electron chi connectivity index (χ3n) is 3.50. The number of thioether (sulfide) groups is 1. The standard InChI is InChI=1S/C12H20N2O3S/c1-7(2)11-14(9(6-18-11)12(16)17)10(15)8-4-3-5-13-8/h7-9,11,13H,3-6H2,1-2H3,(H,16,17)/t8-,9?,11?/m1/s1. The molecule has 0 radical (unpaired) electrons.